The number of nitrogens with zero attached hydrogens (tertiary/aromatic N) is 2. The molecular formula is C21H15Cl2N3O2S2. The summed E-state index contributed by atoms with van der Waals surface area (Å²) in [6.07, 6.45) is 0. The first kappa shape index (κ1) is 20.9. The molecule has 0 unspecified atom stereocenters. The van der Waals surface area contributed by atoms with E-state index in [0.717, 1.165) is 0 Å². The van der Waals surface area contributed by atoms with Crippen LogP contribution in [0.1, 0.15) is 6.92 Å². The zero-order valence-corrected chi connectivity index (χ0v) is 18.8. The number of hydrogen-bond donors (Lipinski definition) is 1. The van der Waals surface area contributed by atoms with E-state index in [1.807, 2.05) is 35.7 Å². The Bertz CT molecular complexity index is 1270. The second-order valence-corrected chi connectivity index (χ2v) is 9.49. The van der Waals surface area contributed by atoms with Crippen LogP contribution in [0.2, 0.25) is 10.0 Å². The quantitative estimate of drug-likeness (QED) is 0.289. The number of amides is 1. The van der Waals surface area contributed by atoms with Crippen molar-refractivity contribution in [2.45, 2.75) is 17.3 Å². The number of hydrogen-bond acceptors (Lipinski definition) is 5. The Morgan fingerprint density at radius 3 is 2.53 bits per heavy atom. The lowest BCUT2D eigenvalue weighted by Crippen LogP contribution is -2.26. The van der Waals surface area contributed by atoms with Crippen molar-refractivity contribution in [3.05, 3.63) is 80.4 Å². The van der Waals surface area contributed by atoms with Crippen LogP contribution in [0, 0.1) is 0 Å². The van der Waals surface area contributed by atoms with E-state index in [1.165, 1.54) is 23.1 Å². The van der Waals surface area contributed by atoms with E-state index < -0.39 is 5.25 Å². The number of rotatable bonds is 5. The van der Waals surface area contributed by atoms with Crippen LogP contribution in [0.15, 0.2) is 69.9 Å². The normalized spacial score (nSPS) is 12.1. The highest BCUT2D eigenvalue weighted by Gasteiger charge is 2.21. The van der Waals surface area contributed by atoms with Gasteiger partial charge in [-0.3, -0.25) is 14.2 Å². The van der Waals surface area contributed by atoms with Gasteiger partial charge in [-0.25, -0.2) is 4.98 Å². The Hall–Kier alpha value is -2.32. The Morgan fingerprint density at radius 1 is 1.13 bits per heavy atom. The highest BCUT2D eigenvalue weighted by molar-refractivity contribution is 8.00. The van der Waals surface area contributed by atoms with E-state index in [-0.39, 0.29) is 11.5 Å². The summed E-state index contributed by atoms with van der Waals surface area (Å²) in [5, 5.41) is 5.99. The molecule has 0 aliphatic carbocycles. The number of aromatic nitrogens is 2. The van der Waals surface area contributed by atoms with E-state index in [2.05, 4.69) is 10.3 Å². The minimum absolute atomic E-state index is 0.163. The minimum Gasteiger partial charge on any atom is -0.325 e. The molecule has 0 spiro atoms. The van der Waals surface area contributed by atoms with Gasteiger partial charge in [-0.05, 0) is 48.7 Å². The number of carbonyl (C=O) groups excluding carboxylic acids is 1. The van der Waals surface area contributed by atoms with Crippen LogP contribution in [0.5, 0.6) is 0 Å². The fraction of sp³-hybridized carbons (Fsp3) is 0.0952. The van der Waals surface area contributed by atoms with E-state index in [1.54, 1.807) is 35.8 Å². The highest BCUT2D eigenvalue weighted by Crippen LogP contribution is 2.28. The number of nitrogens with one attached hydrogen (secondary N) is 1. The van der Waals surface area contributed by atoms with Crippen molar-refractivity contribution in [1.82, 2.24) is 9.55 Å². The van der Waals surface area contributed by atoms with Gasteiger partial charge >= 0.3 is 0 Å². The number of fused-ring (bicyclic) bond motifs is 1. The molecular weight excluding hydrogens is 461 g/mol. The molecule has 30 heavy (non-hydrogen) atoms. The van der Waals surface area contributed by atoms with E-state index in [0.29, 0.717) is 36.8 Å². The van der Waals surface area contributed by atoms with Gasteiger partial charge in [0.1, 0.15) is 4.83 Å². The molecule has 0 radical (unpaired) electrons. The number of thiophene rings is 1. The summed E-state index contributed by atoms with van der Waals surface area (Å²) < 4.78 is 1.54. The number of benzene rings is 2. The third kappa shape index (κ3) is 4.39. The molecule has 152 valence electrons. The molecule has 0 bridgehead atoms. The number of halogens is 2. The predicted octanol–water partition coefficient (Wildman–Crippen LogP) is 5.87. The SMILES string of the molecule is C[C@@H](Sc1nc2sccc2c(=O)n1-c1ccccc1)C(=O)Nc1cc(Cl)cc(Cl)c1. The van der Waals surface area contributed by atoms with Crippen LogP contribution in [0.3, 0.4) is 0 Å². The number of anilines is 1. The molecule has 4 rings (SSSR count). The lowest BCUT2D eigenvalue weighted by atomic mass is 10.3. The topological polar surface area (TPSA) is 64.0 Å². The average Bonchev–Trinajstić information content (AvgIpc) is 3.17. The third-order valence-electron chi connectivity index (χ3n) is 4.26. The molecule has 1 amide bonds. The standard InChI is InChI=1S/C21H15Cl2N3O2S2/c1-12(18(27)24-15-10-13(22)9-14(23)11-15)30-21-25-19-17(7-8-29-19)20(28)26(21)16-5-3-2-4-6-16/h2-12H,1H3,(H,24,27)/t12-/m1/s1. The van der Waals surface area contributed by atoms with Gasteiger partial charge < -0.3 is 5.32 Å². The molecule has 0 saturated heterocycles. The summed E-state index contributed by atoms with van der Waals surface area (Å²) in [5.41, 5.74) is 1.04. The van der Waals surface area contributed by atoms with Crippen molar-refractivity contribution < 1.29 is 4.79 Å². The second-order valence-electron chi connectivity index (χ2n) is 6.42. The highest BCUT2D eigenvalue weighted by atomic mass is 35.5. The molecule has 9 heteroatoms. The molecule has 1 atom stereocenters. The lowest BCUT2D eigenvalue weighted by molar-refractivity contribution is -0.115. The van der Waals surface area contributed by atoms with Crippen LogP contribution in [-0.2, 0) is 4.79 Å². The zero-order valence-electron chi connectivity index (χ0n) is 15.6. The minimum atomic E-state index is -0.526. The first-order valence-corrected chi connectivity index (χ1v) is 11.4. The maximum Gasteiger partial charge on any atom is 0.267 e. The molecule has 2 aromatic heterocycles. The smallest absolute Gasteiger partial charge is 0.267 e. The van der Waals surface area contributed by atoms with Crippen molar-refractivity contribution in [3.63, 3.8) is 0 Å². The molecule has 0 aliphatic heterocycles. The second kappa shape index (κ2) is 8.81. The molecule has 4 aromatic rings. The van der Waals surface area contributed by atoms with Crippen molar-refractivity contribution in [3.8, 4) is 5.69 Å². The molecule has 2 aromatic carbocycles. The van der Waals surface area contributed by atoms with Gasteiger partial charge in [0.15, 0.2) is 5.16 Å². The van der Waals surface area contributed by atoms with Gasteiger partial charge in [0.25, 0.3) is 5.56 Å². The maximum absolute atomic E-state index is 13.1. The fourth-order valence-electron chi connectivity index (χ4n) is 2.86. The van der Waals surface area contributed by atoms with Crippen LogP contribution in [0.25, 0.3) is 15.9 Å². The molecule has 0 aliphatic rings. The summed E-state index contributed by atoms with van der Waals surface area (Å²) in [7, 11) is 0. The monoisotopic (exact) mass is 475 g/mol. The predicted molar refractivity (Wildman–Crippen MR) is 126 cm³/mol. The van der Waals surface area contributed by atoms with Crippen LogP contribution >= 0.6 is 46.3 Å². The van der Waals surface area contributed by atoms with E-state index in [9.17, 15) is 9.59 Å². The fourth-order valence-corrected chi connectivity index (χ4v) is 5.12. The average molecular weight is 476 g/mol. The summed E-state index contributed by atoms with van der Waals surface area (Å²) in [6, 6.07) is 15.9. The molecule has 0 saturated carbocycles. The molecule has 2 heterocycles. The Morgan fingerprint density at radius 2 is 1.83 bits per heavy atom. The van der Waals surface area contributed by atoms with Crippen molar-refractivity contribution >= 4 is 68.1 Å². The summed E-state index contributed by atoms with van der Waals surface area (Å²) in [4.78, 5) is 31.2. The lowest BCUT2D eigenvalue weighted by Gasteiger charge is -2.16. The number of para-hydroxylation sites is 1. The Balaban J connectivity index is 1.67. The maximum atomic E-state index is 13.1. The zero-order chi connectivity index (χ0) is 21.3. The Labute approximate surface area is 190 Å². The van der Waals surface area contributed by atoms with Crippen molar-refractivity contribution in [2.75, 3.05) is 5.32 Å². The number of thioether (sulfide) groups is 1. The van der Waals surface area contributed by atoms with Crippen LogP contribution in [0.4, 0.5) is 5.69 Å². The first-order valence-electron chi connectivity index (χ1n) is 8.91. The van der Waals surface area contributed by atoms with E-state index in [4.69, 9.17) is 23.2 Å². The summed E-state index contributed by atoms with van der Waals surface area (Å²) in [5.74, 6) is -0.251. The van der Waals surface area contributed by atoms with Crippen LogP contribution in [-0.4, -0.2) is 20.7 Å². The van der Waals surface area contributed by atoms with Crippen LogP contribution < -0.4 is 10.9 Å². The van der Waals surface area contributed by atoms with Gasteiger partial charge in [-0.1, -0.05) is 53.2 Å². The van der Waals surface area contributed by atoms with Crippen molar-refractivity contribution in [1.29, 1.82) is 0 Å². The van der Waals surface area contributed by atoms with E-state index >= 15 is 0 Å². The van der Waals surface area contributed by atoms with Gasteiger partial charge in [0.05, 0.1) is 16.3 Å². The van der Waals surface area contributed by atoms with Gasteiger partial charge in [0.2, 0.25) is 5.91 Å². The molecule has 5 nitrogen and oxygen atoms in total. The Kier molecular flexibility index (Phi) is 6.15. The van der Waals surface area contributed by atoms with Gasteiger partial charge in [-0.2, -0.15) is 0 Å². The van der Waals surface area contributed by atoms with Gasteiger partial charge in [0, 0.05) is 15.7 Å². The summed E-state index contributed by atoms with van der Waals surface area (Å²) >= 11 is 14.6. The molecule has 1 N–H and O–H groups in total. The summed E-state index contributed by atoms with van der Waals surface area (Å²) in [6.45, 7) is 1.76. The number of carbonyl (C=O) groups is 1. The van der Waals surface area contributed by atoms with Crippen molar-refractivity contribution in [2.24, 2.45) is 0 Å². The third-order valence-corrected chi connectivity index (χ3v) is 6.56. The van der Waals surface area contributed by atoms with Gasteiger partial charge in [-0.15, -0.1) is 11.3 Å². The molecule has 0 fully saturated rings. The first-order chi connectivity index (χ1) is 14.4. The largest absolute Gasteiger partial charge is 0.325 e.